The zero-order chi connectivity index (χ0) is 22.5. The molecule has 4 aliphatic carbocycles. The van der Waals surface area contributed by atoms with E-state index in [1.54, 1.807) is 6.92 Å². The Bertz CT molecular complexity index is 921. The molecule has 0 spiro atoms. The van der Waals surface area contributed by atoms with Crippen LogP contribution < -0.4 is 0 Å². The topological polar surface area (TPSA) is 52.6 Å². The molecule has 0 saturated heterocycles. The summed E-state index contributed by atoms with van der Waals surface area (Å²) in [6.07, 6.45) is 11.1. The summed E-state index contributed by atoms with van der Waals surface area (Å²) in [4.78, 5) is 24.2. The molecular weight excluding hydrogens is 400 g/mol. The van der Waals surface area contributed by atoms with Gasteiger partial charge in [-0.05, 0) is 80.2 Å². The number of rotatable bonds is 3. The molecule has 3 fully saturated rings. The van der Waals surface area contributed by atoms with Crippen LogP contribution >= 0.6 is 0 Å². The van der Waals surface area contributed by atoms with Gasteiger partial charge in [0.2, 0.25) is 0 Å². The predicted octanol–water partition coefficient (Wildman–Crippen LogP) is 6.11. The monoisotopic (exact) mass is 436 g/mol. The van der Waals surface area contributed by atoms with E-state index in [1.165, 1.54) is 18.4 Å². The van der Waals surface area contributed by atoms with E-state index in [0.717, 1.165) is 38.5 Å². The molecule has 0 unspecified atom stereocenters. The van der Waals surface area contributed by atoms with Crippen LogP contribution in [0.4, 0.5) is 0 Å². The Hall–Kier alpha value is -2.10. The van der Waals surface area contributed by atoms with Gasteiger partial charge in [0.25, 0.3) is 0 Å². The summed E-state index contributed by atoms with van der Waals surface area (Å²) in [6, 6.07) is 9.32. The van der Waals surface area contributed by atoms with Gasteiger partial charge >= 0.3 is 11.9 Å². The molecule has 1 aromatic carbocycles. The van der Waals surface area contributed by atoms with Crippen LogP contribution in [0.1, 0.15) is 82.5 Å². The lowest BCUT2D eigenvalue weighted by molar-refractivity contribution is -0.156. The van der Waals surface area contributed by atoms with Gasteiger partial charge in [0, 0.05) is 18.8 Å². The van der Waals surface area contributed by atoms with Crippen LogP contribution in [0.25, 0.3) is 0 Å². The number of carbonyl (C=O) groups is 2. The molecule has 0 heterocycles. The second kappa shape index (κ2) is 8.04. The van der Waals surface area contributed by atoms with Gasteiger partial charge in [-0.1, -0.05) is 43.7 Å². The molecular formula is C28H36O4. The summed E-state index contributed by atoms with van der Waals surface area (Å²) >= 11 is 0. The molecule has 0 aliphatic heterocycles. The number of fused-ring (bicyclic) bond motifs is 5. The van der Waals surface area contributed by atoms with Crippen LogP contribution in [0.15, 0.2) is 42.0 Å². The molecule has 4 aliphatic rings. The summed E-state index contributed by atoms with van der Waals surface area (Å²) in [5.74, 6) is 1.65. The summed E-state index contributed by atoms with van der Waals surface area (Å²) in [7, 11) is 0. The minimum absolute atomic E-state index is 0.0211. The zero-order valence-electron chi connectivity index (χ0n) is 19.6. The van der Waals surface area contributed by atoms with Crippen molar-refractivity contribution in [1.82, 2.24) is 0 Å². The summed E-state index contributed by atoms with van der Waals surface area (Å²) in [6.45, 7) is 6.38. The quantitative estimate of drug-likeness (QED) is 0.424. The van der Waals surface area contributed by atoms with E-state index in [4.69, 9.17) is 9.47 Å². The van der Waals surface area contributed by atoms with Crippen molar-refractivity contribution < 1.29 is 19.1 Å². The molecule has 4 heteroatoms. The first-order valence-electron chi connectivity index (χ1n) is 12.4. The lowest BCUT2D eigenvalue weighted by Crippen LogP contribution is -2.51. The molecule has 5 rings (SSSR count). The van der Waals surface area contributed by atoms with Crippen molar-refractivity contribution in [2.75, 3.05) is 0 Å². The van der Waals surface area contributed by atoms with Crippen molar-refractivity contribution in [2.24, 2.45) is 28.6 Å². The Morgan fingerprint density at radius 3 is 2.47 bits per heavy atom. The molecule has 0 aromatic heterocycles. The second-order valence-corrected chi connectivity index (χ2v) is 11.1. The first-order valence-corrected chi connectivity index (χ1v) is 12.4. The van der Waals surface area contributed by atoms with E-state index in [9.17, 15) is 9.59 Å². The molecule has 7 atom stereocenters. The van der Waals surface area contributed by atoms with E-state index < -0.39 is 0 Å². The standard InChI is InChI=1S/C28H36O4/c1-18(29)31-25-12-11-23-22-10-9-20-17-21(32-26(30)19-7-5-4-6-8-19)13-15-27(20,2)24(22)14-16-28(23,25)3/h4-9,21-25H,10-17H2,1-3H3/t21-,22+,23-,24-,25-,27+,28+/m1/s1. The largest absolute Gasteiger partial charge is 0.462 e. The maximum atomic E-state index is 12.6. The number of hydrogen-bond acceptors (Lipinski definition) is 4. The third kappa shape index (κ3) is 3.50. The Morgan fingerprint density at radius 1 is 0.938 bits per heavy atom. The number of allylic oxidation sites excluding steroid dienone is 1. The molecule has 1 aromatic rings. The molecule has 3 saturated carbocycles. The summed E-state index contributed by atoms with van der Waals surface area (Å²) in [5, 5.41) is 0. The van der Waals surface area contributed by atoms with Crippen LogP contribution in [0.5, 0.6) is 0 Å². The lowest BCUT2D eigenvalue weighted by Gasteiger charge is -2.57. The fourth-order valence-corrected chi connectivity index (χ4v) is 7.87. The van der Waals surface area contributed by atoms with E-state index in [1.807, 2.05) is 30.3 Å². The van der Waals surface area contributed by atoms with Crippen molar-refractivity contribution in [2.45, 2.75) is 84.3 Å². The summed E-state index contributed by atoms with van der Waals surface area (Å²) in [5.41, 5.74) is 2.47. The molecule has 172 valence electrons. The van der Waals surface area contributed by atoms with Crippen molar-refractivity contribution in [3.8, 4) is 0 Å². The van der Waals surface area contributed by atoms with Gasteiger partial charge in [-0.15, -0.1) is 0 Å². The van der Waals surface area contributed by atoms with Crippen LogP contribution in [-0.2, 0) is 14.3 Å². The third-order valence-electron chi connectivity index (χ3n) is 9.56. The van der Waals surface area contributed by atoms with Gasteiger partial charge in [0.1, 0.15) is 12.2 Å². The first kappa shape index (κ1) is 21.7. The normalized spacial score (nSPS) is 40.3. The maximum Gasteiger partial charge on any atom is 0.338 e. The first-order chi connectivity index (χ1) is 15.3. The molecule has 0 radical (unpaired) electrons. The van der Waals surface area contributed by atoms with Gasteiger partial charge in [0.15, 0.2) is 0 Å². The molecule has 0 N–H and O–H groups in total. The van der Waals surface area contributed by atoms with E-state index >= 15 is 0 Å². The third-order valence-corrected chi connectivity index (χ3v) is 9.56. The van der Waals surface area contributed by atoms with E-state index in [-0.39, 0.29) is 35.0 Å². The minimum Gasteiger partial charge on any atom is -0.462 e. The van der Waals surface area contributed by atoms with Crippen molar-refractivity contribution in [3.63, 3.8) is 0 Å². The molecule has 4 nitrogen and oxygen atoms in total. The van der Waals surface area contributed by atoms with Gasteiger partial charge < -0.3 is 9.47 Å². The Labute approximate surface area is 191 Å². The van der Waals surface area contributed by atoms with Crippen molar-refractivity contribution in [3.05, 3.63) is 47.5 Å². The number of esters is 2. The zero-order valence-corrected chi connectivity index (χ0v) is 19.6. The highest BCUT2D eigenvalue weighted by atomic mass is 16.5. The van der Waals surface area contributed by atoms with Crippen molar-refractivity contribution >= 4 is 11.9 Å². The van der Waals surface area contributed by atoms with Crippen LogP contribution in [-0.4, -0.2) is 24.1 Å². The average Bonchev–Trinajstić information content (AvgIpc) is 3.10. The van der Waals surface area contributed by atoms with Gasteiger partial charge in [-0.3, -0.25) is 4.79 Å². The number of ether oxygens (including phenoxy) is 2. The summed E-state index contributed by atoms with van der Waals surface area (Å²) < 4.78 is 11.7. The number of hydrogen-bond donors (Lipinski definition) is 0. The lowest BCUT2D eigenvalue weighted by atomic mass is 9.48. The van der Waals surface area contributed by atoms with Crippen LogP contribution in [0, 0.1) is 28.6 Å². The van der Waals surface area contributed by atoms with E-state index in [0.29, 0.717) is 23.3 Å². The molecule has 0 amide bonds. The molecule has 32 heavy (non-hydrogen) atoms. The predicted molar refractivity (Wildman–Crippen MR) is 123 cm³/mol. The Balaban J connectivity index is 1.31. The number of benzene rings is 1. The fraction of sp³-hybridized carbons (Fsp3) is 0.643. The SMILES string of the molecule is CC(=O)O[C@@H]1CC[C@@H]2[C@@H]3CC=C4C[C@H](OC(=O)c5ccccc5)CC[C@]4(C)[C@@H]3CC[C@@]21C. The van der Waals surface area contributed by atoms with Gasteiger partial charge in [-0.2, -0.15) is 0 Å². The molecule has 0 bridgehead atoms. The van der Waals surface area contributed by atoms with Crippen LogP contribution in [0.2, 0.25) is 0 Å². The average molecular weight is 437 g/mol. The second-order valence-electron chi connectivity index (χ2n) is 11.1. The van der Waals surface area contributed by atoms with Crippen molar-refractivity contribution in [1.29, 1.82) is 0 Å². The highest BCUT2D eigenvalue weighted by Crippen LogP contribution is 2.65. The van der Waals surface area contributed by atoms with Gasteiger partial charge in [-0.25, -0.2) is 4.79 Å². The smallest absolute Gasteiger partial charge is 0.338 e. The van der Waals surface area contributed by atoms with Crippen LogP contribution in [0.3, 0.4) is 0 Å². The highest BCUT2D eigenvalue weighted by Gasteiger charge is 2.59. The van der Waals surface area contributed by atoms with E-state index in [2.05, 4.69) is 19.9 Å². The Morgan fingerprint density at radius 2 is 1.72 bits per heavy atom. The minimum atomic E-state index is -0.204. The van der Waals surface area contributed by atoms with Gasteiger partial charge in [0.05, 0.1) is 5.56 Å². The Kier molecular flexibility index (Phi) is 5.46. The fourth-order valence-electron chi connectivity index (χ4n) is 7.87. The number of carbonyl (C=O) groups excluding carboxylic acids is 2. The highest BCUT2D eigenvalue weighted by molar-refractivity contribution is 5.89. The maximum absolute atomic E-state index is 12.6.